The molecule has 0 spiro atoms. The molecule has 10 heteroatoms. The molecule has 0 unspecified atom stereocenters. The number of nitrogens with zero attached hydrogens (tertiary/aromatic N) is 3. The molecule has 1 heterocycles. The Kier molecular flexibility index (Phi) is 12.4. The molecule has 3 aromatic carbocycles. The van der Waals surface area contributed by atoms with Crippen molar-refractivity contribution in [2.75, 3.05) is 62.0 Å². The van der Waals surface area contributed by atoms with Crippen LogP contribution in [0.4, 0.5) is 17.8 Å². The number of anilines is 3. The smallest absolute Gasteiger partial charge is 0.251 e. The third-order valence-electron chi connectivity index (χ3n) is 5.94. The number of rotatable bonds is 18. The van der Waals surface area contributed by atoms with E-state index in [0.29, 0.717) is 76.0 Å². The van der Waals surface area contributed by atoms with Crippen LogP contribution in [-0.4, -0.2) is 66.9 Å². The van der Waals surface area contributed by atoms with E-state index in [1.54, 1.807) is 12.1 Å². The van der Waals surface area contributed by atoms with Gasteiger partial charge in [-0.15, -0.1) is 0 Å². The molecule has 0 radical (unpaired) electrons. The number of aromatic nitrogens is 3. The number of hydrogen-bond donors (Lipinski definition) is 4. The standard InChI is InChI=1S/C31H37N7O3/c39-28(27-14-8-3-9-15-27)32-18-20-40-22-23-41-21-19-34-30-36-29(33-17-16-25-10-4-1-5-11-25)37-31(38-30)35-24-26-12-6-2-7-13-26/h1-15H,16-24H2,(H,32,39)(H3,33,34,35,36,37,38). The Balaban J connectivity index is 1.15. The zero-order valence-corrected chi connectivity index (χ0v) is 23.1. The Hall–Kier alpha value is -4.54. The van der Waals surface area contributed by atoms with Crippen LogP contribution < -0.4 is 21.3 Å². The van der Waals surface area contributed by atoms with Crippen LogP contribution >= 0.6 is 0 Å². The lowest BCUT2D eigenvalue weighted by Gasteiger charge is -2.12. The summed E-state index contributed by atoms with van der Waals surface area (Å²) in [6, 6.07) is 29.5. The molecule has 0 aliphatic heterocycles. The van der Waals surface area contributed by atoms with Gasteiger partial charge in [0, 0.05) is 31.7 Å². The van der Waals surface area contributed by atoms with Gasteiger partial charge >= 0.3 is 0 Å². The number of carbonyl (C=O) groups is 1. The Morgan fingerprint density at radius 3 is 1.71 bits per heavy atom. The van der Waals surface area contributed by atoms with Crippen molar-refractivity contribution in [3.05, 3.63) is 108 Å². The second-order valence-corrected chi connectivity index (χ2v) is 9.08. The molecule has 0 atom stereocenters. The minimum absolute atomic E-state index is 0.108. The van der Waals surface area contributed by atoms with E-state index in [0.717, 1.165) is 12.0 Å². The number of ether oxygens (including phenoxy) is 2. The van der Waals surface area contributed by atoms with Gasteiger partial charge in [0.1, 0.15) is 0 Å². The van der Waals surface area contributed by atoms with E-state index in [1.165, 1.54) is 5.56 Å². The van der Waals surface area contributed by atoms with Gasteiger partial charge in [-0.1, -0.05) is 78.9 Å². The predicted molar refractivity (Wildman–Crippen MR) is 161 cm³/mol. The molecule has 0 aliphatic carbocycles. The first-order chi connectivity index (χ1) is 20.3. The highest BCUT2D eigenvalue weighted by atomic mass is 16.5. The molecular weight excluding hydrogens is 518 g/mol. The topological polar surface area (TPSA) is 122 Å². The zero-order valence-electron chi connectivity index (χ0n) is 23.1. The minimum Gasteiger partial charge on any atom is -0.377 e. The van der Waals surface area contributed by atoms with E-state index in [1.807, 2.05) is 66.7 Å². The van der Waals surface area contributed by atoms with Crippen molar-refractivity contribution in [3.8, 4) is 0 Å². The molecule has 0 aliphatic rings. The van der Waals surface area contributed by atoms with Crippen LogP contribution in [0.3, 0.4) is 0 Å². The quantitative estimate of drug-likeness (QED) is 0.135. The lowest BCUT2D eigenvalue weighted by Crippen LogP contribution is -2.27. The molecular formula is C31H37N7O3. The van der Waals surface area contributed by atoms with Crippen LogP contribution in [0.2, 0.25) is 0 Å². The highest BCUT2D eigenvalue weighted by Gasteiger charge is 2.07. The molecule has 41 heavy (non-hydrogen) atoms. The molecule has 10 nitrogen and oxygen atoms in total. The van der Waals surface area contributed by atoms with Crippen LogP contribution in [0.5, 0.6) is 0 Å². The van der Waals surface area contributed by atoms with E-state index in [2.05, 4.69) is 48.4 Å². The highest BCUT2D eigenvalue weighted by Crippen LogP contribution is 2.11. The van der Waals surface area contributed by atoms with Gasteiger partial charge in [0.05, 0.1) is 26.4 Å². The first-order valence-electron chi connectivity index (χ1n) is 13.8. The van der Waals surface area contributed by atoms with Gasteiger partial charge in [-0.2, -0.15) is 15.0 Å². The summed E-state index contributed by atoms with van der Waals surface area (Å²) in [6.45, 7) is 4.04. The maximum atomic E-state index is 12.0. The Bertz CT molecular complexity index is 1300. The Labute approximate surface area is 240 Å². The fraction of sp³-hybridized carbons (Fsp3) is 0.290. The first-order valence-corrected chi connectivity index (χ1v) is 13.8. The van der Waals surface area contributed by atoms with E-state index >= 15 is 0 Å². The monoisotopic (exact) mass is 555 g/mol. The van der Waals surface area contributed by atoms with Gasteiger partial charge in [0.25, 0.3) is 5.91 Å². The van der Waals surface area contributed by atoms with E-state index < -0.39 is 0 Å². The fourth-order valence-electron chi connectivity index (χ4n) is 3.84. The van der Waals surface area contributed by atoms with Gasteiger partial charge in [-0.05, 0) is 29.7 Å². The zero-order chi connectivity index (χ0) is 28.4. The van der Waals surface area contributed by atoms with Crippen molar-refractivity contribution < 1.29 is 14.3 Å². The average molecular weight is 556 g/mol. The SMILES string of the molecule is O=C(NCCOCCOCCNc1nc(NCCc2ccccc2)nc(NCc2ccccc2)n1)c1ccccc1. The lowest BCUT2D eigenvalue weighted by atomic mass is 10.1. The molecule has 214 valence electrons. The van der Waals surface area contributed by atoms with Gasteiger partial charge in [0.2, 0.25) is 17.8 Å². The summed E-state index contributed by atoms with van der Waals surface area (Å²) < 4.78 is 11.2. The Morgan fingerprint density at radius 1 is 0.561 bits per heavy atom. The summed E-state index contributed by atoms with van der Waals surface area (Å²) in [7, 11) is 0. The number of nitrogens with one attached hydrogen (secondary N) is 4. The number of amides is 1. The highest BCUT2D eigenvalue weighted by molar-refractivity contribution is 5.94. The summed E-state index contributed by atoms with van der Waals surface area (Å²) in [6.07, 6.45) is 0.859. The van der Waals surface area contributed by atoms with Gasteiger partial charge in [0.15, 0.2) is 0 Å². The molecule has 4 N–H and O–H groups in total. The third kappa shape index (κ3) is 11.2. The summed E-state index contributed by atoms with van der Waals surface area (Å²) in [5.74, 6) is 1.35. The van der Waals surface area contributed by atoms with Crippen molar-refractivity contribution >= 4 is 23.8 Å². The molecule has 1 amide bonds. The van der Waals surface area contributed by atoms with Crippen molar-refractivity contribution in [3.63, 3.8) is 0 Å². The Morgan fingerprint density at radius 2 is 1.07 bits per heavy atom. The third-order valence-corrected chi connectivity index (χ3v) is 5.94. The molecule has 4 rings (SSSR count). The summed E-state index contributed by atoms with van der Waals surface area (Å²) in [5.41, 5.74) is 3.01. The second kappa shape index (κ2) is 17.2. The lowest BCUT2D eigenvalue weighted by molar-refractivity contribution is 0.0519. The largest absolute Gasteiger partial charge is 0.377 e. The molecule has 0 saturated carbocycles. The predicted octanol–water partition coefficient (Wildman–Crippen LogP) is 4.01. The van der Waals surface area contributed by atoms with Gasteiger partial charge in [-0.3, -0.25) is 4.79 Å². The molecule has 0 saturated heterocycles. The van der Waals surface area contributed by atoms with Gasteiger partial charge < -0.3 is 30.7 Å². The second-order valence-electron chi connectivity index (χ2n) is 9.08. The number of hydrogen-bond acceptors (Lipinski definition) is 9. The first kappa shape index (κ1) is 29.4. The van der Waals surface area contributed by atoms with Crippen molar-refractivity contribution in [2.45, 2.75) is 13.0 Å². The van der Waals surface area contributed by atoms with E-state index in [-0.39, 0.29) is 5.91 Å². The maximum absolute atomic E-state index is 12.0. The van der Waals surface area contributed by atoms with Crippen molar-refractivity contribution in [1.82, 2.24) is 20.3 Å². The molecule has 0 bridgehead atoms. The van der Waals surface area contributed by atoms with E-state index in [4.69, 9.17) is 9.47 Å². The number of carbonyl (C=O) groups excluding carboxylic acids is 1. The fourth-order valence-corrected chi connectivity index (χ4v) is 3.84. The van der Waals surface area contributed by atoms with Crippen LogP contribution in [-0.2, 0) is 22.4 Å². The van der Waals surface area contributed by atoms with Crippen LogP contribution in [0.1, 0.15) is 21.5 Å². The number of benzene rings is 3. The van der Waals surface area contributed by atoms with Crippen LogP contribution in [0, 0.1) is 0 Å². The molecule has 0 fully saturated rings. The average Bonchev–Trinajstić information content (AvgIpc) is 3.02. The maximum Gasteiger partial charge on any atom is 0.251 e. The minimum atomic E-state index is -0.108. The van der Waals surface area contributed by atoms with Gasteiger partial charge in [-0.25, -0.2) is 0 Å². The van der Waals surface area contributed by atoms with Crippen LogP contribution in [0.25, 0.3) is 0 Å². The van der Waals surface area contributed by atoms with Crippen molar-refractivity contribution in [2.24, 2.45) is 0 Å². The normalized spacial score (nSPS) is 10.6. The summed E-state index contributed by atoms with van der Waals surface area (Å²) >= 11 is 0. The van der Waals surface area contributed by atoms with Crippen LogP contribution in [0.15, 0.2) is 91.0 Å². The summed E-state index contributed by atoms with van der Waals surface area (Å²) in [5, 5.41) is 12.6. The van der Waals surface area contributed by atoms with E-state index in [9.17, 15) is 4.79 Å². The van der Waals surface area contributed by atoms with Crippen molar-refractivity contribution in [1.29, 1.82) is 0 Å². The summed E-state index contributed by atoms with van der Waals surface area (Å²) in [4.78, 5) is 25.6. The molecule has 1 aromatic heterocycles. The molecule has 4 aromatic rings.